The fourth-order valence-electron chi connectivity index (χ4n) is 5.30. The van der Waals surface area contributed by atoms with Crippen molar-refractivity contribution in [3.8, 4) is 0 Å². The number of halogens is 1. The third-order valence-electron chi connectivity index (χ3n) is 7.37. The van der Waals surface area contributed by atoms with E-state index in [0.29, 0.717) is 28.8 Å². The van der Waals surface area contributed by atoms with Gasteiger partial charge in [-0.2, -0.15) is 0 Å². The molecule has 3 aromatic carbocycles. The van der Waals surface area contributed by atoms with Crippen LogP contribution in [0.1, 0.15) is 48.1 Å². The number of nitrogens with one attached hydrogen (secondary N) is 3. The molecule has 0 fully saturated rings. The first-order valence-corrected chi connectivity index (χ1v) is 13.5. The number of aromatic nitrogens is 1. The van der Waals surface area contributed by atoms with Gasteiger partial charge in [-0.15, -0.1) is 0 Å². The highest BCUT2D eigenvalue weighted by molar-refractivity contribution is 6.02. The van der Waals surface area contributed by atoms with Crippen molar-refractivity contribution in [3.63, 3.8) is 0 Å². The van der Waals surface area contributed by atoms with Crippen molar-refractivity contribution in [3.05, 3.63) is 118 Å². The smallest absolute Gasteiger partial charge is 0.224 e. The van der Waals surface area contributed by atoms with Crippen molar-refractivity contribution < 1.29 is 18.8 Å². The van der Waals surface area contributed by atoms with Crippen LogP contribution in [-0.4, -0.2) is 29.1 Å². The van der Waals surface area contributed by atoms with E-state index >= 15 is 0 Å². The van der Waals surface area contributed by atoms with Gasteiger partial charge in [-0.25, -0.2) is 4.39 Å². The van der Waals surface area contributed by atoms with Crippen molar-refractivity contribution in [1.82, 2.24) is 15.6 Å². The average Bonchev–Trinajstić information content (AvgIpc) is 3.41. The lowest BCUT2D eigenvalue weighted by atomic mass is 9.85. The van der Waals surface area contributed by atoms with Crippen molar-refractivity contribution >= 4 is 28.5 Å². The van der Waals surface area contributed by atoms with Crippen LogP contribution in [0.2, 0.25) is 0 Å². The predicted molar refractivity (Wildman–Crippen MR) is 153 cm³/mol. The highest BCUT2D eigenvalue weighted by atomic mass is 19.1. The molecule has 1 atom stereocenters. The largest absolute Gasteiger partial charge is 0.361 e. The van der Waals surface area contributed by atoms with Gasteiger partial charge >= 0.3 is 0 Å². The van der Waals surface area contributed by atoms with Crippen LogP contribution in [0.25, 0.3) is 10.9 Å². The summed E-state index contributed by atoms with van der Waals surface area (Å²) in [5.41, 5.74) is 5.25. The Labute approximate surface area is 232 Å². The zero-order chi connectivity index (χ0) is 28.1. The number of aryl methyl sites for hydroxylation is 1. The van der Waals surface area contributed by atoms with Crippen LogP contribution in [0.5, 0.6) is 0 Å². The second kappa shape index (κ2) is 12.1. The minimum absolute atomic E-state index is 0.0824. The molecule has 3 N–H and O–H groups in total. The first-order chi connectivity index (χ1) is 19.4. The maximum absolute atomic E-state index is 14.8. The van der Waals surface area contributed by atoms with Crippen LogP contribution in [0.4, 0.5) is 4.39 Å². The Hall–Kier alpha value is -4.52. The molecule has 204 valence electrons. The summed E-state index contributed by atoms with van der Waals surface area (Å²) in [4.78, 5) is 41.6. The quantitative estimate of drug-likeness (QED) is 0.257. The third-order valence-corrected chi connectivity index (χ3v) is 7.37. The molecule has 2 amide bonds. The molecule has 40 heavy (non-hydrogen) atoms. The molecule has 0 bridgehead atoms. The van der Waals surface area contributed by atoms with Gasteiger partial charge in [0.15, 0.2) is 5.78 Å². The summed E-state index contributed by atoms with van der Waals surface area (Å²) in [5, 5.41) is 6.85. The molecule has 0 aliphatic carbocycles. The number of carbonyl (C=O) groups excluding carboxylic acids is 3. The number of fused-ring (bicyclic) bond motifs is 1. The third kappa shape index (κ3) is 6.37. The number of rotatable bonds is 10. The van der Waals surface area contributed by atoms with Crippen LogP contribution in [0, 0.1) is 5.82 Å². The number of amides is 2. The Morgan fingerprint density at radius 1 is 0.975 bits per heavy atom. The summed E-state index contributed by atoms with van der Waals surface area (Å²) in [6, 6.07) is 21.6. The lowest BCUT2D eigenvalue weighted by Crippen LogP contribution is -2.37. The number of Topliss-reactive ketones (excluding diaryl/α,β-unsaturated/α-hetero) is 1. The molecule has 6 nitrogen and oxygen atoms in total. The summed E-state index contributed by atoms with van der Waals surface area (Å²) >= 11 is 0. The van der Waals surface area contributed by atoms with E-state index in [0.717, 1.165) is 28.5 Å². The first kappa shape index (κ1) is 27.1. The fraction of sp³-hybridized carbons (Fsp3) is 0.242. The number of hydrogen-bond acceptors (Lipinski definition) is 3. The van der Waals surface area contributed by atoms with E-state index in [1.807, 2.05) is 60.8 Å². The first-order valence-electron chi connectivity index (χ1n) is 13.5. The molecule has 5 rings (SSSR count). The number of carbonyl (C=O) groups is 3. The Morgan fingerprint density at radius 3 is 2.62 bits per heavy atom. The molecular weight excluding hydrogens is 505 g/mol. The van der Waals surface area contributed by atoms with Gasteiger partial charge in [0.25, 0.3) is 0 Å². The van der Waals surface area contributed by atoms with Crippen molar-refractivity contribution in [2.75, 3.05) is 6.54 Å². The van der Waals surface area contributed by atoms with E-state index in [4.69, 9.17) is 0 Å². The maximum Gasteiger partial charge on any atom is 0.224 e. The number of hydrogen-bond donors (Lipinski definition) is 3. The second-order valence-electron chi connectivity index (χ2n) is 10.3. The van der Waals surface area contributed by atoms with Crippen LogP contribution >= 0.6 is 0 Å². The van der Waals surface area contributed by atoms with Crippen LogP contribution < -0.4 is 10.6 Å². The SMILES string of the molecule is CC1=C(C(=O)Cc2ccc3[nH]ccc3c2)C(c2ccc(F)c(CCC(=O)NCCc3ccccc3)c2)NC(=O)C1. The molecule has 7 heteroatoms. The molecule has 4 aromatic rings. The molecule has 1 aromatic heterocycles. The summed E-state index contributed by atoms with van der Waals surface area (Å²) < 4.78 is 14.8. The zero-order valence-corrected chi connectivity index (χ0v) is 22.4. The van der Waals surface area contributed by atoms with Gasteiger partial charge in [0, 0.05) is 43.1 Å². The van der Waals surface area contributed by atoms with Gasteiger partial charge in [0.2, 0.25) is 11.8 Å². The molecule has 1 aliphatic heterocycles. The second-order valence-corrected chi connectivity index (χ2v) is 10.3. The monoisotopic (exact) mass is 537 g/mol. The van der Waals surface area contributed by atoms with Gasteiger partial charge in [0.1, 0.15) is 5.82 Å². The number of ketones is 1. The van der Waals surface area contributed by atoms with Crippen molar-refractivity contribution in [2.24, 2.45) is 0 Å². The Kier molecular flexibility index (Phi) is 8.20. The van der Waals surface area contributed by atoms with E-state index in [1.54, 1.807) is 19.1 Å². The highest BCUT2D eigenvalue weighted by Gasteiger charge is 2.31. The summed E-state index contributed by atoms with van der Waals surface area (Å²) in [7, 11) is 0. The van der Waals surface area contributed by atoms with E-state index in [1.165, 1.54) is 6.07 Å². The van der Waals surface area contributed by atoms with Gasteiger partial charge in [-0.1, -0.05) is 54.1 Å². The zero-order valence-electron chi connectivity index (χ0n) is 22.4. The molecule has 1 unspecified atom stereocenters. The number of aromatic amines is 1. The van der Waals surface area contributed by atoms with E-state index in [2.05, 4.69) is 15.6 Å². The van der Waals surface area contributed by atoms with Crippen LogP contribution in [0.15, 0.2) is 90.1 Å². The minimum Gasteiger partial charge on any atom is -0.361 e. The molecule has 2 heterocycles. The average molecular weight is 538 g/mol. The normalized spacial score (nSPS) is 15.2. The van der Waals surface area contributed by atoms with Gasteiger partial charge < -0.3 is 15.6 Å². The molecule has 0 saturated heterocycles. The standard InChI is InChI=1S/C33H32FN3O3/c1-21-17-31(40)37-33(32(21)29(38)19-23-7-11-28-25(18-23)14-16-35-28)26-8-10-27(34)24(20-26)9-12-30(39)36-15-13-22-5-3-2-4-6-22/h2-8,10-11,14,16,18,20,33,35H,9,12-13,15,17,19H2,1H3,(H,36,39)(H,37,40). The molecular formula is C33H32FN3O3. The van der Waals surface area contributed by atoms with E-state index < -0.39 is 11.9 Å². The Balaban J connectivity index is 1.28. The Bertz CT molecular complexity index is 1590. The molecule has 1 aliphatic rings. The topological polar surface area (TPSA) is 91.1 Å². The summed E-state index contributed by atoms with van der Waals surface area (Å²) in [6.45, 7) is 2.31. The van der Waals surface area contributed by atoms with Gasteiger partial charge in [-0.3, -0.25) is 14.4 Å². The molecule has 0 radical (unpaired) electrons. The fourth-order valence-corrected chi connectivity index (χ4v) is 5.30. The van der Waals surface area contributed by atoms with Crippen molar-refractivity contribution in [1.29, 1.82) is 0 Å². The van der Waals surface area contributed by atoms with Gasteiger partial charge in [-0.05, 0) is 71.7 Å². The lowest BCUT2D eigenvalue weighted by Gasteiger charge is -2.28. The van der Waals surface area contributed by atoms with Crippen molar-refractivity contribution in [2.45, 2.75) is 45.1 Å². The summed E-state index contributed by atoms with van der Waals surface area (Å²) in [5.74, 6) is -0.841. The highest BCUT2D eigenvalue weighted by Crippen LogP contribution is 2.32. The van der Waals surface area contributed by atoms with Crippen LogP contribution in [0.3, 0.4) is 0 Å². The van der Waals surface area contributed by atoms with E-state index in [-0.39, 0.29) is 43.3 Å². The van der Waals surface area contributed by atoms with Crippen LogP contribution in [-0.2, 0) is 33.6 Å². The maximum atomic E-state index is 14.8. The van der Waals surface area contributed by atoms with Gasteiger partial charge in [0.05, 0.1) is 6.04 Å². The summed E-state index contributed by atoms with van der Waals surface area (Å²) in [6.07, 6.45) is 3.26. The molecule has 0 spiro atoms. The minimum atomic E-state index is -0.677. The predicted octanol–water partition coefficient (Wildman–Crippen LogP) is 5.29. The Morgan fingerprint density at radius 2 is 1.80 bits per heavy atom. The van der Waals surface area contributed by atoms with E-state index in [9.17, 15) is 18.8 Å². The number of benzene rings is 3. The lowest BCUT2D eigenvalue weighted by molar-refractivity contribution is -0.122. The number of H-pyrrole nitrogens is 1. The molecule has 0 saturated carbocycles.